The molecule has 0 amide bonds. The predicted octanol–water partition coefficient (Wildman–Crippen LogP) is 2.74. The fourth-order valence-electron chi connectivity index (χ4n) is 2.74. The van der Waals surface area contributed by atoms with Gasteiger partial charge in [-0.25, -0.2) is 15.4 Å². The summed E-state index contributed by atoms with van der Waals surface area (Å²) in [6.07, 6.45) is 7.71. The largest absolute Gasteiger partial charge is 0.343 e. The lowest BCUT2D eigenvalue weighted by molar-refractivity contribution is -0.0304. The molecule has 2 N–H and O–H groups in total. The Hall–Kier alpha value is -0.820. The second-order valence-electron chi connectivity index (χ2n) is 5.19. The van der Waals surface area contributed by atoms with E-state index in [-0.39, 0.29) is 6.10 Å². The van der Waals surface area contributed by atoms with Crippen LogP contribution in [0.5, 0.6) is 0 Å². The maximum absolute atomic E-state index is 6.21. The van der Waals surface area contributed by atoms with Crippen molar-refractivity contribution in [2.24, 2.45) is 0 Å². The van der Waals surface area contributed by atoms with Crippen molar-refractivity contribution in [1.29, 1.82) is 0 Å². The minimum Gasteiger partial charge on any atom is -0.343 e. The molecule has 1 aliphatic rings. The molecule has 0 aromatic carbocycles. The van der Waals surface area contributed by atoms with Crippen LogP contribution < -0.4 is 5.48 Å². The summed E-state index contributed by atoms with van der Waals surface area (Å²) in [7, 11) is 0. The Bertz CT molecular complexity index is 618. The highest BCUT2D eigenvalue weighted by molar-refractivity contribution is 7.98. The molecule has 0 saturated carbocycles. The molecule has 0 radical (unpaired) electrons. The Morgan fingerprint density at radius 3 is 3.29 bits per heavy atom. The monoisotopic (exact) mass is 326 g/mol. The van der Waals surface area contributed by atoms with E-state index in [2.05, 4.69) is 26.7 Å². The van der Waals surface area contributed by atoms with Crippen LogP contribution in [0.25, 0.3) is 11.0 Å². The van der Waals surface area contributed by atoms with Crippen molar-refractivity contribution in [3.05, 3.63) is 22.7 Å². The van der Waals surface area contributed by atoms with Gasteiger partial charge in [0.15, 0.2) is 0 Å². The smallest absolute Gasteiger partial charge is 0.142 e. The molecule has 0 spiro atoms. The van der Waals surface area contributed by atoms with Gasteiger partial charge in [-0.3, -0.25) is 4.84 Å². The molecular weight excluding hydrogens is 308 g/mol. The van der Waals surface area contributed by atoms with Crippen LogP contribution in [-0.2, 0) is 17.7 Å². The number of aromatic amines is 1. The van der Waals surface area contributed by atoms with E-state index < -0.39 is 0 Å². The van der Waals surface area contributed by atoms with E-state index in [1.54, 1.807) is 0 Å². The number of aryl methyl sites for hydroxylation is 1. The highest BCUT2D eigenvalue weighted by Gasteiger charge is 2.25. The molecule has 3 rings (SSSR count). The lowest BCUT2D eigenvalue weighted by atomic mass is 9.94. The first-order valence-electron chi connectivity index (χ1n) is 7.17. The van der Waals surface area contributed by atoms with E-state index in [4.69, 9.17) is 16.4 Å². The highest BCUT2D eigenvalue weighted by Crippen LogP contribution is 2.32. The van der Waals surface area contributed by atoms with Crippen LogP contribution in [0.2, 0.25) is 5.15 Å². The van der Waals surface area contributed by atoms with Gasteiger partial charge in [0.2, 0.25) is 0 Å². The first kappa shape index (κ1) is 15.1. The molecule has 1 unspecified atom stereocenters. The van der Waals surface area contributed by atoms with Crippen LogP contribution in [0.15, 0.2) is 6.33 Å². The summed E-state index contributed by atoms with van der Waals surface area (Å²) in [5.74, 6) is 1.15. The SMILES string of the molecule is CSCCCNOC1CCc2[nH]c3ncnc(Cl)c3c2C1. The van der Waals surface area contributed by atoms with Crippen LogP contribution in [0.3, 0.4) is 0 Å². The Kier molecular flexibility index (Phi) is 5.00. The van der Waals surface area contributed by atoms with E-state index in [1.807, 2.05) is 11.8 Å². The summed E-state index contributed by atoms with van der Waals surface area (Å²) >= 11 is 8.07. The number of hydroxylamine groups is 1. The number of rotatable bonds is 6. The fraction of sp³-hybridized carbons (Fsp3) is 0.571. The van der Waals surface area contributed by atoms with Crippen molar-refractivity contribution in [2.75, 3.05) is 18.6 Å². The average Bonchev–Trinajstić information content (AvgIpc) is 2.86. The van der Waals surface area contributed by atoms with Crippen LogP contribution in [0.1, 0.15) is 24.1 Å². The number of nitrogens with one attached hydrogen (secondary N) is 2. The summed E-state index contributed by atoms with van der Waals surface area (Å²) in [5.41, 5.74) is 6.34. The molecule has 114 valence electrons. The topological polar surface area (TPSA) is 62.8 Å². The summed E-state index contributed by atoms with van der Waals surface area (Å²) in [4.78, 5) is 17.5. The number of aromatic nitrogens is 3. The quantitative estimate of drug-likeness (QED) is 0.485. The van der Waals surface area contributed by atoms with Gasteiger partial charge in [-0.05, 0) is 36.8 Å². The number of nitrogens with zero attached hydrogens (tertiary/aromatic N) is 2. The van der Waals surface area contributed by atoms with Gasteiger partial charge in [0.1, 0.15) is 17.1 Å². The number of halogens is 1. The van der Waals surface area contributed by atoms with Gasteiger partial charge in [-0.2, -0.15) is 11.8 Å². The Morgan fingerprint density at radius 1 is 1.52 bits per heavy atom. The number of fused-ring (bicyclic) bond motifs is 3. The van der Waals surface area contributed by atoms with E-state index in [0.29, 0.717) is 5.15 Å². The van der Waals surface area contributed by atoms with Gasteiger partial charge in [0, 0.05) is 18.7 Å². The van der Waals surface area contributed by atoms with Crippen molar-refractivity contribution >= 4 is 34.4 Å². The molecule has 0 fully saturated rings. The average molecular weight is 327 g/mol. The molecule has 0 bridgehead atoms. The second kappa shape index (κ2) is 6.96. The third kappa shape index (κ3) is 3.34. The minimum atomic E-state index is 0.182. The van der Waals surface area contributed by atoms with Gasteiger partial charge in [-0.15, -0.1) is 0 Å². The second-order valence-corrected chi connectivity index (χ2v) is 6.54. The highest BCUT2D eigenvalue weighted by atomic mass is 35.5. The van der Waals surface area contributed by atoms with Crippen molar-refractivity contribution < 1.29 is 4.84 Å². The third-order valence-electron chi connectivity index (χ3n) is 3.76. The molecule has 0 aliphatic heterocycles. The van der Waals surface area contributed by atoms with Crippen LogP contribution in [0, 0.1) is 0 Å². The zero-order valence-corrected chi connectivity index (χ0v) is 13.6. The predicted molar refractivity (Wildman–Crippen MR) is 86.8 cm³/mol. The van der Waals surface area contributed by atoms with Gasteiger partial charge >= 0.3 is 0 Å². The summed E-state index contributed by atoms with van der Waals surface area (Å²) in [6.45, 7) is 0.891. The van der Waals surface area contributed by atoms with E-state index in [9.17, 15) is 0 Å². The Labute approximate surface area is 133 Å². The van der Waals surface area contributed by atoms with Gasteiger partial charge in [0.25, 0.3) is 0 Å². The third-order valence-corrected chi connectivity index (χ3v) is 4.75. The number of thioether (sulfide) groups is 1. The minimum absolute atomic E-state index is 0.182. The summed E-state index contributed by atoms with van der Waals surface area (Å²) in [5, 5.41) is 1.47. The Morgan fingerprint density at radius 2 is 2.43 bits per heavy atom. The lowest BCUT2D eigenvalue weighted by Gasteiger charge is -2.22. The molecule has 5 nitrogen and oxygen atoms in total. The standard InChI is InChI=1S/C14H19ClN4OS/c1-21-6-2-5-18-20-9-3-4-11-10(7-9)12-13(15)16-8-17-14(12)19-11/h8-9,18H,2-7H2,1H3,(H,16,17,19). The number of hydrogen-bond donors (Lipinski definition) is 2. The molecule has 2 aromatic heterocycles. The fourth-order valence-corrected chi connectivity index (χ4v) is 3.42. The van der Waals surface area contributed by atoms with Crippen LogP contribution in [-0.4, -0.2) is 39.6 Å². The Balaban J connectivity index is 1.66. The first-order valence-corrected chi connectivity index (χ1v) is 8.94. The van der Waals surface area contributed by atoms with E-state index >= 15 is 0 Å². The molecule has 7 heteroatoms. The van der Waals surface area contributed by atoms with Crippen LogP contribution >= 0.6 is 23.4 Å². The first-order chi connectivity index (χ1) is 10.3. The van der Waals surface area contributed by atoms with Crippen molar-refractivity contribution in [3.8, 4) is 0 Å². The molecule has 21 heavy (non-hydrogen) atoms. The normalized spacial score (nSPS) is 18.1. The molecule has 2 heterocycles. The van der Waals surface area contributed by atoms with Crippen molar-refractivity contribution in [1.82, 2.24) is 20.4 Å². The molecule has 2 aromatic rings. The number of hydrogen-bond acceptors (Lipinski definition) is 5. The molecule has 1 atom stereocenters. The van der Waals surface area contributed by atoms with Gasteiger partial charge in [0.05, 0.1) is 11.5 Å². The zero-order chi connectivity index (χ0) is 14.7. The van der Waals surface area contributed by atoms with Crippen LogP contribution in [0.4, 0.5) is 0 Å². The van der Waals surface area contributed by atoms with E-state index in [0.717, 1.165) is 49.0 Å². The number of H-pyrrole nitrogens is 1. The van der Waals surface area contributed by atoms with Gasteiger partial charge in [-0.1, -0.05) is 11.6 Å². The molecular formula is C14H19ClN4OS. The van der Waals surface area contributed by atoms with Crippen molar-refractivity contribution in [3.63, 3.8) is 0 Å². The molecule has 0 saturated heterocycles. The molecule has 1 aliphatic carbocycles. The lowest BCUT2D eigenvalue weighted by Crippen LogP contribution is -2.29. The summed E-state index contributed by atoms with van der Waals surface area (Å²) in [6, 6.07) is 0. The van der Waals surface area contributed by atoms with Crippen molar-refractivity contribution in [2.45, 2.75) is 31.8 Å². The maximum Gasteiger partial charge on any atom is 0.142 e. The zero-order valence-electron chi connectivity index (χ0n) is 12.0. The maximum atomic E-state index is 6.21. The van der Waals surface area contributed by atoms with Gasteiger partial charge < -0.3 is 4.98 Å². The van der Waals surface area contributed by atoms with E-state index in [1.165, 1.54) is 17.6 Å². The summed E-state index contributed by atoms with van der Waals surface area (Å²) < 4.78 is 0.